The number of primary amides is 1. The molecule has 0 aromatic carbocycles. The topological polar surface area (TPSA) is 43.1 Å². The van der Waals surface area contributed by atoms with E-state index in [-0.39, 0.29) is 14.6 Å². The van der Waals surface area contributed by atoms with E-state index in [1.54, 1.807) is 0 Å². The maximum Gasteiger partial charge on any atom is 0.259 e. The Hall–Kier alpha value is 0.980. The fourth-order valence-electron chi connectivity index (χ4n) is 0.425. The van der Waals surface area contributed by atoms with Crippen LogP contribution in [0.3, 0.4) is 0 Å². The fraction of sp³-hybridized carbons (Fsp3) is 0.167. The Morgan fingerprint density at radius 3 is 1.60 bits per heavy atom. The van der Waals surface area contributed by atoms with Gasteiger partial charge < -0.3 is 5.73 Å². The molecule has 0 fully saturated rings. The quantitative estimate of drug-likeness (QED) is 0.600. The second-order valence-electron chi connectivity index (χ2n) is 2.14. The number of allylic oxidation sites excluding steroid dienone is 2. The highest BCUT2D eigenvalue weighted by atomic mass is 35.5. The Kier molecular flexibility index (Phi) is 6.46. The second kappa shape index (κ2) is 6.06. The standard InChI is InChI=1S/C6H2Cl7NO/c7-1(2(8)4(10)11)3(9)6(12,13)5(14)15/h(H2,14,15). The molecule has 0 aromatic heterocycles. The SMILES string of the molecule is NC(=O)C(Cl)(Cl)C(Cl)=C(Cl)C(Cl)=C(Cl)Cl. The minimum Gasteiger partial charge on any atom is -0.367 e. The van der Waals surface area contributed by atoms with Crippen molar-refractivity contribution in [3.05, 3.63) is 19.6 Å². The molecule has 15 heavy (non-hydrogen) atoms. The molecular weight excluding hydrogens is 350 g/mol. The molecule has 0 spiro atoms. The summed E-state index contributed by atoms with van der Waals surface area (Å²) in [5.41, 5.74) is 4.88. The number of hydrogen-bond acceptors (Lipinski definition) is 1. The zero-order chi connectivity index (χ0) is 12.4. The monoisotopic (exact) mass is 349 g/mol. The molecule has 0 unspecified atom stereocenters. The van der Waals surface area contributed by atoms with Crippen molar-refractivity contribution >= 4 is 87.1 Å². The minimum absolute atomic E-state index is 0.295. The fourth-order valence-corrected chi connectivity index (χ4v) is 1.56. The summed E-state index contributed by atoms with van der Waals surface area (Å²) in [7, 11) is 0. The molecule has 1 amide bonds. The summed E-state index contributed by atoms with van der Waals surface area (Å²) in [5, 5.41) is -1.14. The van der Waals surface area contributed by atoms with Crippen molar-refractivity contribution in [1.82, 2.24) is 0 Å². The predicted molar refractivity (Wildman–Crippen MR) is 66.9 cm³/mol. The summed E-state index contributed by atoms with van der Waals surface area (Å²) in [6, 6.07) is 0. The largest absolute Gasteiger partial charge is 0.367 e. The first-order valence-corrected chi connectivity index (χ1v) is 5.71. The third kappa shape index (κ3) is 4.04. The Morgan fingerprint density at radius 1 is 0.933 bits per heavy atom. The third-order valence-electron chi connectivity index (χ3n) is 1.14. The van der Waals surface area contributed by atoms with E-state index >= 15 is 0 Å². The van der Waals surface area contributed by atoms with E-state index in [1.807, 2.05) is 0 Å². The van der Waals surface area contributed by atoms with Gasteiger partial charge >= 0.3 is 0 Å². The number of alkyl halides is 2. The number of hydrogen-bond donors (Lipinski definition) is 1. The van der Waals surface area contributed by atoms with Crippen molar-refractivity contribution in [2.45, 2.75) is 4.33 Å². The molecule has 0 saturated heterocycles. The van der Waals surface area contributed by atoms with Gasteiger partial charge in [-0.1, -0.05) is 81.2 Å². The number of halogens is 7. The smallest absolute Gasteiger partial charge is 0.259 e. The maximum absolute atomic E-state index is 10.8. The van der Waals surface area contributed by atoms with Crippen molar-refractivity contribution in [2.75, 3.05) is 0 Å². The van der Waals surface area contributed by atoms with Gasteiger partial charge in [-0.2, -0.15) is 0 Å². The molecule has 0 heterocycles. The number of rotatable bonds is 3. The van der Waals surface area contributed by atoms with Gasteiger partial charge in [0.05, 0.1) is 15.1 Å². The van der Waals surface area contributed by atoms with Gasteiger partial charge in [-0.15, -0.1) is 0 Å². The van der Waals surface area contributed by atoms with Gasteiger partial charge in [-0.25, -0.2) is 0 Å². The van der Waals surface area contributed by atoms with E-state index in [9.17, 15) is 4.79 Å². The van der Waals surface area contributed by atoms with E-state index in [2.05, 4.69) is 0 Å². The summed E-state index contributed by atoms with van der Waals surface area (Å²) in [6.45, 7) is 0. The van der Waals surface area contributed by atoms with Crippen LogP contribution < -0.4 is 5.73 Å². The number of amides is 1. The van der Waals surface area contributed by atoms with Crippen LogP contribution in [-0.4, -0.2) is 10.2 Å². The number of carbonyl (C=O) groups is 1. The molecule has 2 nitrogen and oxygen atoms in total. The third-order valence-corrected chi connectivity index (χ3v) is 4.07. The highest BCUT2D eigenvalue weighted by Crippen LogP contribution is 2.40. The second-order valence-corrected chi connectivity index (χ2v) is 5.55. The number of carbonyl (C=O) groups excluding carboxylic acids is 1. The predicted octanol–water partition coefficient (Wildman–Crippen LogP) is 4.22. The van der Waals surface area contributed by atoms with Crippen LogP contribution >= 0.6 is 81.2 Å². The van der Waals surface area contributed by atoms with Crippen LogP contribution in [-0.2, 0) is 4.79 Å². The summed E-state index contributed by atoms with van der Waals surface area (Å²) in [6.07, 6.45) is 0. The minimum atomic E-state index is -2.19. The van der Waals surface area contributed by atoms with Crippen molar-refractivity contribution < 1.29 is 4.79 Å². The van der Waals surface area contributed by atoms with Crippen LogP contribution in [0.4, 0.5) is 0 Å². The van der Waals surface area contributed by atoms with Crippen molar-refractivity contribution in [1.29, 1.82) is 0 Å². The van der Waals surface area contributed by atoms with Crippen LogP contribution in [0.25, 0.3) is 0 Å². The lowest BCUT2D eigenvalue weighted by Crippen LogP contribution is -2.34. The average molecular weight is 352 g/mol. The lowest BCUT2D eigenvalue weighted by atomic mass is 10.3. The van der Waals surface area contributed by atoms with Crippen molar-refractivity contribution in [2.24, 2.45) is 5.73 Å². The Bertz CT molecular complexity index is 341. The van der Waals surface area contributed by atoms with E-state index in [1.165, 1.54) is 0 Å². The zero-order valence-corrected chi connectivity index (χ0v) is 11.9. The normalized spacial score (nSPS) is 13.3. The lowest BCUT2D eigenvalue weighted by Gasteiger charge is -2.15. The average Bonchev–Trinajstić information content (AvgIpc) is 2.13. The maximum atomic E-state index is 10.8. The molecule has 0 radical (unpaired) electrons. The van der Waals surface area contributed by atoms with Crippen LogP contribution in [0.5, 0.6) is 0 Å². The first kappa shape index (κ1) is 16.0. The van der Waals surface area contributed by atoms with Gasteiger partial charge in [0, 0.05) is 0 Å². The molecule has 0 atom stereocenters. The molecule has 0 aromatic rings. The molecule has 9 heteroatoms. The summed E-state index contributed by atoms with van der Waals surface area (Å²) >= 11 is 38.5. The van der Waals surface area contributed by atoms with Crippen LogP contribution in [0.1, 0.15) is 0 Å². The Morgan fingerprint density at radius 2 is 1.33 bits per heavy atom. The van der Waals surface area contributed by atoms with Gasteiger partial charge in [-0.05, 0) is 0 Å². The summed E-state index contributed by atoms with van der Waals surface area (Å²) in [5.74, 6) is -1.11. The highest BCUT2D eigenvalue weighted by molar-refractivity contribution is 6.67. The summed E-state index contributed by atoms with van der Waals surface area (Å²) < 4.78 is -2.55. The van der Waals surface area contributed by atoms with Crippen LogP contribution in [0.15, 0.2) is 19.6 Å². The van der Waals surface area contributed by atoms with E-state index < -0.39 is 15.3 Å². The molecule has 0 aliphatic rings. The zero-order valence-electron chi connectivity index (χ0n) is 6.63. The van der Waals surface area contributed by atoms with Gasteiger partial charge in [-0.3, -0.25) is 4.79 Å². The van der Waals surface area contributed by atoms with Crippen LogP contribution in [0, 0.1) is 0 Å². The highest BCUT2D eigenvalue weighted by Gasteiger charge is 2.38. The Labute approximate surface area is 121 Å². The van der Waals surface area contributed by atoms with Crippen molar-refractivity contribution in [3.63, 3.8) is 0 Å². The van der Waals surface area contributed by atoms with Gasteiger partial charge in [0.25, 0.3) is 5.91 Å². The lowest BCUT2D eigenvalue weighted by molar-refractivity contribution is -0.117. The molecule has 0 saturated carbocycles. The van der Waals surface area contributed by atoms with E-state index in [4.69, 9.17) is 86.9 Å². The van der Waals surface area contributed by atoms with E-state index in [0.29, 0.717) is 0 Å². The summed E-state index contributed by atoms with van der Waals surface area (Å²) in [4.78, 5) is 10.8. The molecule has 0 aliphatic carbocycles. The molecule has 0 rings (SSSR count). The molecular formula is C6H2Cl7NO. The molecule has 2 N–H and O–H groups in total. The number of nitrogens with two attached hydrogens (primary N) is 1. The first-order chi connectivity index (χ1) is 6.62. The van der Waals surface area contributed by atoms with Crippen molar-refractivity contribution in [3.8, 4) is 0 Å². The van der Waals surface area contributed by atoms with Gasteiger partial charge in [0.1, 0.15) is 4.49 Å². The Balaban J connectivity index is 5.49. The van der Waals surface area contributed by atoms with Gasteiger partial charge in [0.2, 0.25) is 4.33 Å². The molecule has 86 valence electrons. The molecule has 0 aliphatic heterocycles. The van der Waals surface area contributed by atoms with Crippen LogP contribution in [0.2, 0.25) is 0 Å². The van der Waals surface area contributed by atoms with E-state index in [0.717, 1.165) is 0 Å². The van der Waals surface area contributed by atoms with Gasteiger partial charge in [0.15, 0.2) is 0 Å². The molecule has 0 bridgehead atoms. The first-order valence-electron chi connectivity index (χ1n) is 3.07.